The minimum Gasteiger partial charge on any atom is -0.383 e. The molecule has 0 saturated carbocycles. The topological polar surface area (TPSA) is 39.1 Å². The minimum absolute atomic E-state index is 0.352. The summed E-state index contributed by atoms with van der Waals surface area (Å²) in [5, 5.41) is 7.89. The summed E-state index contributed by atoms with van der Waals surface area (Å²) in [5.41, 5.74) is 1.48. The normalized spacial score (nSPS) is 10.9. The molecular weight excluding hydrogens is 269 g/mol. The van der Waals surface area contributed by atoms with Gasteiger partial charge in [0.05, 0.1) is 18.0 Å². The number of rotatable bonds is 6. The molecule has 0 aliphatic rings. The zero-order valence-electron chi connectivity index (χ0n) is 10.6. The lowest BCUT2D eigenvalue weighted by molar-refractivity contribution is 0.199. The van der Waals surface area contributed by atoms with Gasteiger partial charge < -0.3 is 10.1 Å². The van der Waals surface area contributed by atoms with Crippen molar-refractivity contribution in [2.75, 3.05) is 20.3 Å². The number of nitrogens with zero attached hydrogens (tertiary/aromatic N) is 2. The van der Waals surface area contributed by atoms with Gasteiger partial charge in [-0.2, -0.15) is 5.10 Å². The van der Waals surface area contributed by atoms with Crippen LogP contribution in [0.4, 0.5) is 4.39 Å². The molecule has 19 heavy (non-hydrogen) atoms. The predicted molar refractivity (Wildman–Crippen MR) is 72.1 cm³/mol. The van der Waals surface area contributed by atoms with E-state index in [1.54, 1.807) is 24.1 Å². The molecule has 0 aliphatic heterocycles. The van der Waals surface area contributed by atoms with Crippen LogP contribution in [-0.4, -0.2) is 30.0 Å². The van der Waals surface area contributed by atoms with Gasteiger partial charge in [-0.15, -0.1) is 0 Å². The van der Waals surface area contributed by atoms with Gasteiger partial charge in [0.25, 0.3) is 0 Å². The Morgan fingerprint density at radius 3 is 3.00 bits per heavy atom. The van der Waals surface area contributed by atoms with Gasteiger partial charge in [-0.05, 0) is 24.3 Å². The Hall–Kier alpha value is -1.43. The summed E-state index contributed by atoms with van der Waals surface area (Å²) in [6.45, 7) is 2.05. The Bertz CT molecular complexity index is 524. The number of halogens is 2. The Morgan fingerprint density at radius 1 is 1.42 bits per heavy atom. The largest absolute Gasteiger partial charge is 0.383 e. The summed E-state index contributed by atoms with van der Waals surface area (Å²) >= 11 is 5.82. The highest BCUT2D eigenvalue weighted by Gasteiger charge is 2.04. The van der Waals surface area contributed by atoms with Gasteiger partial charge in [0.15, 0.2) is 0 Å². The predicted octanol–water partition coefficient (Wildman–Crippen LogP) is 2.40. The maximum Gasteiger partial charge on any atom is 0.126 e. The molecule has 6 heteroatoms. The van der Waals surface area contributed by atoms with Crippen LogP contribution in [0.25, 0.3) is 5.69 Å². The number of methoxy groups -OCH3 is 1. The van der Waals surface area contributed by atoms with Crippen molar-refractivity contribution in [2.24, 2.45) is 0 Å². The van der Waals surface area contributed by atoms with E-state index in [1.807, 2.05) is 6.07 Å². The second kappa shape index (κ2) is 6.65. The zero-order chi connectivity index (χ0) is 13.7. The first-order valence-electron chi connectivity index (χ1n) is 5.90. The molecule has 1 aromatic heterocycles. The van der Waals surface area contributed by atoms with E-state index in [0.717, 1.165) is 12.2 Å². The number of benzene rings is 1. The smallest absolute Gasteiger partial charge is 0.126 e. The average Bonchev–Trinajstić information content (AvgIpc) is 2.82. The lowest BCUT2D eigenvalue weighted by Crippen LogP contribution is -2.18. The van der Waals surface area contributed by atoms with Crippen molar-refractivity contribution in [2.45, 2.75) is 6.54 Å². The third-order valence-corrected chi connectivity index (χ3v) is 2.76. The summed E-state index contributed by atoms with van der Waals surface area (Å²) in [5.74, 6) is -0.377. The first kappa shape index (κ1) is 14.0. The minimum atomic E-state index is -0.377. The molecule has 1 aromatic carbocycles. The van der Waals surface area contributed by atoms with E-state index in [4.69, 9.17) is 16.3 Å². The first-order chi connectivity index (χ1) is 9.19. The molecule has 102 valence electrons. The van der Waals surface area contributed by atoms with Crippen molar-refractivity contribution in [1.82, 2.24) is 15.1 Å². The average molecular weight is 284 g/mol. The molecular formula is C13H15ClFN3O. The molecule has 0 fully saturated rings. The lowest BCUT2D eigenvalue weighted by atomic mass is 10.3. The van der Waals surface area contributed by atoms with Gasteiger partial charge in [0.1, 0.15) is 5.82 Å². The fourth-order valence-corrected chi connectivity index (χ4v) is 1.88. The molecule has 1 N–H and O–H groups in total. The second-order valence-corrected chi connectivity index (χ2v) is 4.49. The highest BCUT2D eigenvalue weighted by atomic mass is 35.5. The summed E-state index contributed by atoms with van der Waals surface area (Å²) in [6, 6.07) is 6.20. The third-order valence-electron chi connectivity index (χ3n) is 2.55. The molecule has 2 aromatic rings. The quantitative estimate of drug-likeness (QED) is 0.828. The molecule has 1 heterocycles. The SMILES string of the molecule is COCCNCc1ccn(-c2cc(F)cc(Cl)c2)n1. The number of nitrogens with one attached hydrogen (secondary N) is 1. The van der Waals surface area contributed by atoms with E-state index in [1.165, 1.54) is 12.1 Å². The Labute approximate surface area is 116 Å². The van der Waals surface area contributed by atoms with E-state index in [0.29, 0.717) is 23.9 Å². The summed E-state index contributed by atoms with van der Waals surface area (Å²) < 4.78 is 19.8. The molecule has 0 spiro atoms. The van der Waals surface area contributed by atoms with Crippen LogP contribution in [0.1, 0.15) is 5.69 Å². The van der Waals surface area contributed by atoms with Crippen molar-refractivity contribution in [1.29, 1.82) is 0 Å². The highest BCUT2D eigenvalue weighted by molar-refractivity contribution is 6.30. The number of ether oxygens (including phenoxy) is 1. The van der Waals surface area contributed by atoms with Gasteiger partial charge >= 0.3 is 0 Å². The standard InChI is InChI=1S/C13H15ClFN3O/c1-19-5-3-16-9-12-2-4-18(17-12)13-7-10(14)6-11(15)8-13/h2,4,6-8,16H,3,5,9H2,1H3. The van der Waals surface area contributed by atoms with Crippen molar-refractivity contribution in [3.63, 3.8) is 0 Å². The van der Waals surface area contributed by atoms with Crippen LogP contribution in [0.2, 0.25) is 5.02 Å². The molecule has 0 aliphatic carbocycles. The molecule has 2 rings (SSSR count). The number of hydrogen-bond acceptors (Lipinski definition) is 3. The summed E-state index contributed by atoms with van der Waals surface area (Å²) in [6.07, 6.45) is 1.78. The van der Waals surface area contributed by atoms with E-state index < -0.39 is 0 Å². The molecule has 0 unspecified atom stereocenters. The lowest BCUT2D eigenvalue weighted by Gasteiger charge is -2.03. The first-order valence-corrected chi connectivity index (χ1v) is 6.27. The van der Waals surface area contributed by atoms with E-state index in [2.05, 4.69) is 10.4 Å². The van der Waals surface area contributed by atoms with Crippen LogP contribution in [0, 0.1) is 5.82 Å². The maximum absolute atomic E-state index is 13.3. The van der Waals surface area contributed by atoms with Crippen LogP contribution < -0.4 is 5.32 Å². The summed E-state index contributed by atoms with van der Waals surface area (Å²) in [7, 11) is 1.66. The van der Waals surface area contributed by atoms with Crippen LogP contribution >= 0.6 is 11.6 Å². The fourth-order valence-electron chi connectivity index (χ4n) is 1.66. The number of aromatic nitrogens is 2. The van der Waals surface area contributed by atoms with Gasteiger partial charge in [-0.1, -0.05) is 11.6 Å². The monoisotopic (exact) mass is 283 g/mol. The highest BCUT2D eigenvalue weighted by Crippen LogP contribution is 2.17. The Balaban J connectivity index is 2.03. The molecule has 0 atom stereocenters. The van der Waals surface area contributed by atoms with Crippen LogP contribution in [0.3, 0.4) is 0 Å². The van der Waals surface area contributed by atoms with E-state index >= 15 is 0 Å². The molecule has 0 saturated heterocycles. The van der Waals surface area contributed by atoms with E-state index in [-0.39, 0.29) is 5.82 Å². The molecule has 0 radical (unpaired) electrons. The van der Waals surface area contributed by atoms with Gasteiger partial charge in [0, 0.05) is 31.4 Å². The number of hydrogen-bond donors (Lipinski definition) is 1. The van der Waals surface area contributed by atoms with Crippen molar-refractivity contribution in [3.05, 3.63) is 47.0 Å². The zero-order valence-corrected chi connectivity index (χ0v) is 11.3. The Kier molecular flexibility index (Phi) is 4.90. The molecule has 4 nitrogen and oxygen atoms in total. The van der Waals surface area contributed by atoms with Crippen LogP contribution in [0.15, 0.2) is 30.5 Å². The fraction of sp³-hybridized carbons (Fsp3) is 0.308. The van der Waals surface area contributed by atoms with Crippen molar-refractivity contribution in [3.8, 4) is 5.69 Å². The van der Waals surface area contributed by atoms with Gasteiger partial charge in [-0.25, -0.2) is 9.07 Å². The third kappa shape index (κ3) is 4.02. The van der Waals surface area contributed by atoms with Crippen molar-refractivity contribution < 1.29 is 9.13 Å². The van der Waals surface area contributed by atoms with Crippen LogP contribution in [0.5, 0.6) is 0 Å². The van der Waals surface area contributed by atoms with Crippen molar-refractivity contribution >= 4 is 11.6 Å². The second-order valence-electron chi connectivity index (χ2n) is 4.05. The molecule has 0 amide bonds. The Morgan fingerprint density at radius 2 is 2.26 bits per heavy atom. The van der Waals surface area contributed by atoms with E-state index in [9.17, 15) is 4.39 Å². The van der Waals surface area contributed by atoms with Gasteiger partial charge in [-0.3, -0.25) is 0 Å². The molecule has 0 bridgehead atoms. The summed E-state index contributed by atoms with van der Waals surface area (Å²) in [4.78, 5) is 0. The van der Waals surface area contributed by atoms with Gasteiger partial charge in [0.2, 0.25) is 0 Å². The van der Waals surface area contributed by atoms with Crippen LogP contribution in [-0.2, 0) is 11.3 Å². The maximum atomic E-state index is 13.3.